The summed E-state index contributed by atoms with van der Waals surface area (Å²) in [5, 5.41) is 5.07. The molecular weight excluding hydrogens is 356 g/mol. The van der Waals surface area contributed by atoms with Gasteiger partial charge in [-0.05, 0) is 37.6 Å². The van der Waals surface area contributed by atoms with Gasteiger partial charge in [-0.2, -0.15) is 5.10 Å². The zero-order valence-corrected chi connectivity index (χ0v) is 16.8. The molecule has 4 aromatic rings. The van der Waals surface area contributed by atoms with E-state index in [2.05, 4.69) is 62.0 Å². The van der Waals surface area contributed by atoms with Crippen LogP contribution in [0.2, 0.25) is 0 Å². The lowest BCUT2D eigenvalue weighted by Gasteiger charge is -2.11. The molecule has 0 radical (unpaired) electrons. The lowest BCUT2D eigenvalue weighted by Crippen LogP contribution is -2.00. The van der Waals surface area contributed by atoms with Crippen molar-refractivity contribution in [2.24, 2.45) is 0 Å². The van der Waals surface area contributed by atoms with Gasteiger partial charge in [0.25, 0.3) is 0 Å². The van der Waals surface area contributed by atoms with Gasteiger partial charge in [-0.3, -0.25) is 0 Å². The van der Waals surface area contributed by atoms with Crippen LogP contribution in [0.15, 0.2) is 97.1 Å². The molecule has 0 aliphatic rings. The Bertz CT molecular complexity index is 1110. The van der Waals surface area contributed by atoms with Crippen LogP contribution in [-0.2, 0) is 6.42 Å². The fourth-order valence-electron chi connectivity index (χ4n) is 3.55. The molecule has 3 heteroatoms. The Hall–Kier alpha value is -3.59. The molecule has 0 bridgehead atoms. The number of ether oxygens (including phenoxy) is 1. The molecular formula is C26H24N2O. The number of hydrogen-bond acceptors (Lipinski definition) is 2. The van der Waals surface area contributed by atoms with E-state index in [1.807, 2.05) is 41.1 Å². The summed E-state index contributed by atoms with van der Waals surface area (Å²) < 4.78 is 7.37. The van der Waals surface area contributed by atoms with Crippen molar-refractivity contribution in [3.05, 3.63) is 103 Å². The molecule has 0 aliphatic carbocycles. The maximum Gasteiger partial charge on any atom is 0.119 e. The molecule has 0 saturated carbocycles. The molecule has 0 atom stereocenters. The third kappa shape index (κ3) is 3.85. The molecule has 0 unspecified atom stereocenters. The standard InChI is InChI=1S/C26H24N2O/c1-19(2)18-24-25(20-10-6-4-7-11-20)27-28(22-14-16-23(29-3)17-15-22)26(24)21-12-8-5-9-13-21/h4-17H,1,18H2,2-3H3. The van der Waals surface area contributed by atoms with Crippen LogP contribution in [0.5, 0.6) is 5.75 Å². The van der Waals surface area contributed by atoms with Crippen LogP contribution in [0.4, 0.5) is 0 Å². The summed E-state index contributed by atoms with van der Waals surface area (Å²) in [7, 11) is 1.68. The van der Waals surface area contributed by atoms with E-state index in [1.165, 1.54) is 5.56 Å². The van der Waals surface area contributed by atoms with Gasteiger partial charge in [0.2, 0.25) is 0 Å². The Kier molecular flexibility index (Phi) is 5.30. The van der Waals surface area contributed by atoms with Crippen molar-refractivity contribution in [1.82, 2.24) is 9.78 Å². The minimum absolute atomic E-state index is 0.768. The second-order valence-electron chi connectivity index (χ2n) is 7.15. The van der Waals surface area contributed by atoms with Crippen LogP contribution in [-0.4, -0.2) is 16.9 Å². The first-order valence-electron chi connectivity index (χ1n) is 9.69. The quantitative estimate of drug-likeness (QED) is 0.365. The number of allylic oxidation sites excluding steroid dienone is 1. The fraction of sp³-hybridized carbons (Fsp3) is 0.115. The first kappa shape index (κ1) is 18.8. The number of benzene rings is 3. The molecule has 0 fully saturated rings. The molecule has 144 valence electrons. The highest BCUT2D eigenvalue weighted by Crippen LogP contribution is 2.35. The summed E-state index contributed by atoms with van der Waals surface area (Å²) in [5.74, 6) is 0.826. The first-order chi connectivity index (χ1) is 14.2. The average Bonchev–Trinajstić information content (AvgIpc) is 3.13. The van der Waals surface area contributed by atoms with Crippen molar-refractivity contribution in [3.63, 3.8) is 0 Å². The number of rotatable bonds is 6. The van der Waals surface area contributed by atoms with E-state index in [4.69, 9.17) is 9.84 Å². The maximum absolute atomic E-state index is 5.33. The summed E-state index contributed by atoms with van der Waals surface area (Å²) in [6.07, 6.45) is 0.768. The molecule has 0 saturated heterocycles. The number of methoxy groups -OCH3 is 1. The highest BCUT2D eigenvalue weighted by Gasteiger charge is 2.21. The second-order valence-corrected chi connectivity index (χ2v) is 7.15. The number of hydrogen-bond donors (Lipinski definition) is 0. The molecule has 1 aromatic heterocycles. The Labute approximate surface area is 171 Å². The number of nitrogens with zero attached hydrogens (tertiary/aromatic N) is 2. The van der Waals surface area contributed by atoms with Crippen molar-refractivity contribution in [3.8, 4) is 34.0 Å². The van der Waals surface area contributed by atoms with Gasteiger partial charge in [-0.1, -0.05) is 72.8 Å². The van der Waals surface area contributed by atoms with E-state index in [0.29, 0.717) is 0 Å². The van der Waals surface area contributed by atoms with E-state index in [-0.39, 0.29) is 0 Å². The van der Waals surface area contributed by atoms with Crippen LogP contribution < -0.4 is 4.74 Å². The fourth-order valence-corrected chi connectivity index (χ4v) is 3.55. The lowest BCUT2D eigenvalue weighted by atomic mass is 9.97. The molecule has 3 aromatic carbocycles. The summed E-state index contributed by atoms with van der Waals surface area (Å²) in [5.41, 5.74) is 7.61. The Morgan fingerprint density at radius 3 is 2.00 bits per heavy atom. The van der Waals surface area contributed by atoms with E-state index in [0.717, 1.165) is 45.9 Å². The van der Waals surface area contributed by atoms with Crippen LogP contribution >= 0.6 is 0 Å². The average molecular weight is 380 g/mol. The highest BCUT2D eigenvalue weighted by molar-refractivity contribution is 5.76. The maximum atomic E-state index is 5.33. The molecule has 0 aliphatic heterocycles. The van der Waals surface area contributed by atoms with E-state index < -0.39 is 0 Å². The highest BCUT2D eigenvalue weighted by atomic mass is 16.5. The lowest BCUT2D eigenvalue weighted by molar-refractivity contribution is 0.414. The van der Waals surface area contributed by atoms with Crippen LogP contribution in [0.1, 0.15) is 12.5 Å². The van der Waals surface area contributed by atoms with Crippen LogP contribution in [0, 0.1) is 0 Å². The molecule has 1 heterocycles. The van der Waals surface area contributed by atoms with Gasteiger partial charge < -0.3 is 4.74 Å². The summed E-state index contributed by atoms with van der Waals surface area (Å²) >= 11 is 0. The van der Waals surface area contributed by atoms with E-state index >= 15 is 0 Å². The normalized spacial score (nSPS) is 10.7. The first-order valence-corrected chi connectivity index (χ1v) is 9.69. The van der Waals surface area contributed by atoms with E-state index in [9.17, 15) is 0 Å². The van der Waals surface area contributed by atoms with E-state index in [1.54, 1.807) is 7.11 Å². The monoisotopic (exact) mass is 380 g/mol. The minimum atomic E-state index is 0.768. The summed E-state index contributed by atoms with van der Waals surface area (Å²) in [4.78, 5) is 0. The van der Waals surface area contributed by atoms with Gasteiger partial charge in [0.05, 0.1) is 24.2 Å². The van der Waals surface area contributed by atoms with Crippen molar-refractivity contribution in [1.29, 1.82) is 0 Å². The van der Waals surface area contributed by atoms with Crippen molar-refractivity contribution in [2.45, 2.75) is 13.3 Å². The Morgan fingerprint density at radius 2 is 1.45 bits per heavy atom. The molecule has 3 nitrogen and oxygen atoms in total. The minimum Gasteiger partial charge on any atom is -0.497 e. The van der Waals surface area contributed by atoms with Gasteiger partial charge in [0.1, 0.15) is 5.75 Å². The van der Waals surface area contributed by atoms with Gasteiger partial charge in [0, 0.05) is 16.7 Å². The Morgan fingerprint density at radius 1 is 0.862 bits per heavy atom. The molecule has 29 heavy (non-hydrogen) atoms. The summed E-state index contributed by atoms with van der Waals surface area (Å²) in [6, 6.07) is 28.8. The van der Waals surface area contributed by atoms with Crippen LogP contribution in [0.3, 0.4) is 0 Å². The smallest absolute Gasteiger partial charge is 0.119 e. The largest absolute Gasteiger partial charge is 0.497 e. The van der Waals surface area contributed by atoms with Crippen molar-refractivity contribution >= 4 is 0 Å². The zero-order valence-electron chi connectivity index (χ0n) is 16.8. The third-order valence-electron chi connectivity index (χ3n) is 4.87. The van der Waals surface area contributed by atoms with Gasteiger partial charge >= 0.3 is 0 Å². The molecule has 4 rings (SSSR count). The zero-order chi connectivity index (χ0) is 20.2. The van der Waals surface area contributed by atoms with Gasteiger partial charge in [-0.25, -0.2) is 4.68 Å². The predicted molar refractivity (Wildman–Crippen MR) is 120 cm³/mol. The number of aromatic nitrogens is 2. The van der Waals surface area contributed by atoms with Gasteiger partial charge in [-0.15, -0.1) is 0 Å². The SMILES string of the molecule is C=C(C)Cc1c(-c2ccccc2)nn(-c2ccc(OC)cc2)c1-c1ccccc1. The van der Waals surface area contributed by atoms with Crippen molar-refractivity contribution in [2.75, 3.05) is 7.11 Å². The predicted octanol–water partition coefficient (Wildman–Crippen LogP) is 6.33. The summed E-state index contributed by atoms with van der Waals surface area (Å²) in [6.45, 7) is 6.23. The van der Waals surface area contributed by atoms with Crippen molar-refractivity contribution < 1.29 is 4.74 Å². The van der Waals surface area contributed by atoms with Crippen LogP contribution in [0.25, 0.3) is 28.2 Å². The molecule has 0 amide bonds. The second kappa shape index (κ2) is 8.19. The van der Waals surface area contributed by atoms with Gasteiger partial charge in [0.15, 0.2) is 0 Å². The topological polar surface area (TPSA) is 27.1 Å². The molecule has 0 spiro atoms. The third-order valence-corrected chi connectivity index (χ3v) is 4.87. The Balaban J connectivity index is 2.00. The molecule has 0 N–H and O–H groups in total.